The Kier molecular flexibility index (Phi) is 2.63. The summed E-state index contributed by atoms with van der Waals surface area (Å²) < 4.78 is 0. The molecule has 1 amide bonds. The number of aromatic amines is 1. The normalized spacial score (nSPS) is 24.3. The number of hydrogen-bond donors (Lipinski definition) is 2. The molecule has 1 aromatic heterocycles. The number of aromatic nitrogens is 2. The summed E-state index contributed by atoms with van der Waals surface area (Å²) >= 11 is 0. The van der Waals surface area contributed by atoms with Crippen molar-refractivity contribution < 1.29 is 4.79 Å². The molecule has 92 valence electrons. The van der Waals surface area contributed by atoms with Crippen molar-refractivity contribution >= 4 is 5.91 Å². The zero-order valence-corrected chi connectivity index (χ0v) is 9.85. The summed E-state index contributed by atoms with van der Waals surface area (Å²) in [5.41, 5.74) is 7.34. The Hall–Kier alpha value is -1.36. The van der Waals surface area contributed by atoms with E-state index in [4.69, 9.17) is 5.73 Å². The molecule has 0 aromatic carbocycles. The number of carbonyl (C=O) groups excluding carboxylic acids is 1. The Morgan fingerprint density at radius 1 is 1.53 bits per heavy atom. The first kappa shape index (κ1) is 10.8. The maximum Gasteiger partial charge on any atom is 0.274 e. The minimum atomic E-state index is 0.0288. The first-order chi connectivity index (χ1) is 8.29. The smallest absolute Gasteiger partial charge is 0.274 e. The minimum Gasteiger partial charge on any atom is -0.333 e. The molecule has 1 aliphatic heterocycles. The molecule has 1 saturated heterocycles. The molecule has 5 nitrogen and oxygen atoms in total. The lowest BCUT2D eigenvalue weighted by Gasteiger charge is -2.22. The van der Waals surface area contributed by atoms with E-state index in [0.717, 1.165) is 25.1 Å². The maximum atomic E-state index is 12.3. The minimum absolute atomic E-state index is 0.0288. The number of nitrogens with zero attached hydrogens (tertiary/aromatic N) is 2. The van der Waals surface area contributed by atoms with Crippen molar-refractivity contribution in [3.05, 3.63) is 17.5 Å². The lowest BCUT2D eigenvalue weighted by molar-refractivity contribution is 0.0735. The maximum absolute atomic E-state index is 12.3. The Labute approximate surface area is 100 Å². The summed E-state index contributed by atoms with van der Waals surface area (Å²) in [7, 11) is 0. The van der Waals surface area contributed by atoms with Gasteiger partial charge in [0, 0.05) is 30.7 Å². The second kappa shape index (κ2) is 4.14. The van der Waals surface area contributed by atoms with E-state index in [0.29, 0.717) is 18.2 Å². The van der Waals surface area contributed by atoms with Gasteiger partial charge in [0.15, 0.2) is 0 Å². The van der Waals surface area contributed by atoms with Crippen molar-refractivity contribution in [1.82, 2.24) is 15.1 Å². The number of nitrogens with two attached hydrogens (primary N) is 1. The van der Waals surface area contributed by atoms with E-state index in [9.17, 15) is 4.79 Å². The van der Waals surface area contributed by atoms with Gasteiger partial charge in [-0.1, -0.05) is 0 Å². The molecule has 0 radical (unpaired) electrons. The average molecular weight is 234 g/mol. The van der Waals surface area contributed by atoms with Crippen LogP contribution in [0.2, 0.25) is 0 Å². The van der Waals surface area contributed by atoms with Gasteiger partial charge in [-0.05, 0) is 31.7 Å². The highest BCUT2D eigenvalue weighted by Gasteiger charge is 2.31. The molecule has 1 unspecified atom stereocenters. The van der Waals surface area contributed by atoms with Gasteiger partial charge in [0.05, 0.1) is 0 Å². The Bertz CT molecular complexity index is 424. The topological polar surface area (TPSA) is 75.0 Å². The number of amides is 1. The van der Waals surface area contributed by atoms with Gasteiger partial charge in [0.2, 0.25) is 0 Å². The summed E-state index contributed by atoms with van der Waals surface area (Å²) in [4.78, 5) is 14.1. The standard InChI is InChI=1S/C12H18N4O/c13-7-9-2-1-5-16(9)12(17)11-6-10(14-15-11)8-3-4-8/h6,8-9H,1-5,7,13H2,(H,14,15). The van der Waals surface area contributed by atoms with Crippen LogP contribution in [0.15, 0.2) is 6.07 Å². The molecule has 17 heavy (non-hydrogen) atoms. The third-order valence-corrected chi connectivity index (χ3v) is 3.74. The zero-order valence-electron chi connectivity index (χ0n) is 9.85. The quantitative estimate of drug-likeness (QED) is 0.814. The van der Waals surface area contributed by atoms with E-state index >= 15 is 0 Å². The van der Waals surface area contributed by atoms with Gasteiger partial charge < -0.3 is 10.6 Å². The molecule has 3 rings (SSSR count). The fraction of sp³-hybridized carbons (Fsp3) is 0.667. The van der Waals surface area contributed by atoms with E-state index in [1.54, 1.807) is 0 Å². The average Bonchev–Trinajstić information content (AvgIpc) is 2.93. The van der Waals surface area contributed by atoms with Crippen LogP contribution in [-0.4, -0.2) is 40.1 Å². The zero-order chi connectivity index (χ0) is 11.8. The highest BCUT2D eigenvalue weighted by atomic mass is 16.2. The van der Waals surface area contributed by atoms with E-state index in [-0.39, 0.29) is 11.9 Å². The molecule has 2 aliphatic rings. The van der Waals surface area contributed by atoms with Crippen molar-refractivity contribution in [1.29, 1.82) is 0 Å². The summed E-state index contributed by atoms with van der Waals surface area (Å²) in [5.74, 6) is 0.633. The van der Waals surface area contributed by atoms with E-state index in [1.807, 2.05) is 11.0 Å². The highest BCUT2D eigenvalue weighted by molar-refractivity contribution is 5.92. The summed E-state index contributed by atoms with van der Waals surface area (Å²) in [6.45, 7) is 1.36. The third-order valence-electron chi connectivity index (χ3n) is 3.74. The van der Waals surface area contributed by atoms with Gasteiger partial charge >= 0.3 is 0 Å². The van der Waals surface area contributed by atoms with E-state index in [2.05, 4.69) is 10.2 Å². The number of H-pyrrole nitrogens is 1. The van der Waals surface area contributed by atoms with Crippen molar-refractivity contribution in [2.45, 2.75) is 37.6 Å². The molecule has 0 spiro atoms. The van der Waals surface area contributed by atoms with Gasteiger partial charge in [-0.25, -0.2) is 0 Å². The first-order valence-corrected chi connectivity index (χ1v) is 6.36. The molecular formula is C12H18N4O. The van der Waals surface area contributed by atoms with Crippen LogP contribution < -0.4 is 5.73 Å². The van der Waals surface area contributed by atoms with Crippen LogP contribution in [0, 0.1) is 0 Å². The van der Waals surface area contributed by atoms with Crippen molar-refractivity contribution in [3.63, 3.8) is 0 Å². The second-order valence-electron chi connectivity index (χ2n) is 5.01. The van der Waals surface area contributed by atoms with Crippen LogP contribution in [-0.2, 0) is 0 Å². The molecule has 1 saturated carbocycles. The van der Waals surface area contributed by atoms with Gasteiger partial charge in [0.1, 0.15) is 5.69 Å². The van der Waals surface area contributed by atoms with Crippen LogP contribution in [0.1, 0.15) is 47.8 Å². The lowest BCUT2D eigenvalue weighted by Crippen LogP contribution is -2.40. The molecular weight excluding hydrogens is 216 g/mol. The largest absolute Gasteiger partial charge is 0.333 e. The summed E-state index contributed by atoms with van der Waals surface area (Å²) in [6.07, 6.45) is 4.49. The Morgan fingerprint density at radius 3 is 3.06 bits per heavy atom. The highest BCUT2D eigenvalue weighted by Crippen LogP contribution is 2.39. The third kappa shape index (κ3) is 1.95. The fourth-order valence-electron chi connectivity index (χ4n) is 2.54. The molecule has 5 heteroatoms. The fourth-order valence-corrected chi connectivity index (χ4v) is 2.54. The molecule has 2 fully saturated rings. The molecule has 1 atom stereocenters. The van der Waals surface area contributed by atoms with Gasteiger partial charge in [-0.2, -0.15) is 5.10 Å². The van der Waals surface area contributed by atoms with Gasteiger partial charge in [0.25, 0.3) is 5.91 Å². The molecule has 1 aromatic rings. The van der Waals surface area contributed by atoms with Crippen molar-refractivity contribution in [2.75, 3.05) is 13.1 Å². The second-order valence-corrected chi connectivity index (χ2v) is 5.01. The Balaban J connectivity index is 1.75. The van der Waals surface area contributed by atoms with Crippen LogP contribution in [0.5, 0.6) is 0 Å². The predicted molar refractivity (Wildman–Crippen MR) is 63.7 cm³/mol. The molecule has 0 bridgehead atoms. The SMILES string of the molecule is NCC1CCCN1C(=O)c1cc(C2CC2)[nH]n1. The Morgan fingerprint density at radius 2 is 2.35 bits per heavy atom. The number of carbonyl (C=O) groups is 1. The van der Waals surface area contributed by atoms with Gasteiger partial charge in [-0.3, -0.25) is 9.89 Å². The van der Waals surface area contributed by atoms with Crippen LogP contribution in [0.4, 0.5) is 0 Å². The molecule has 1 aliphatic carbocycles. The number of nitrogens with one attached hydrogen (secondary N) is 1. The van der Waals surface area contributed by atoms with Crippen LogP contribution in [0.25, 0.3) is 0 Å². The predicted octanol–water partition coefficient (Wildman–Crippen LogP) is 0.850. The van der Waals surface area contributed by atoms with Crippen LogP contribution >= 0.6 is 0 Å². The van der Waals surface area contributed by atoms with Gasteiger partial charge in [-0.15, -0.1) is 0 Å². The lowest BCUT2D eigenvalue weighted by atomic mass is 10.2. The number of hydrogen-bond acceptors (Lipinski definition) is 3. The van der Waals surface area contributed by atoms with Crippen molar-refractivity contribution in [2.24, 2.45) is 5.73 Å². The van der Waals surface area contributed by atoms with Crippen molar-refractivity contribution in [3.8, 4) is 0 Å². The number of rotatable bonds is 3. The molecule has 2 heterocycles. The molecule has 3 N–H and O–H groups in total. The van der Waals surface area contributed by atoms with E-state index < -0.39 is 0 Å². The summed E-state index contributed by atoms with van der Waals surface area (Å²) in [6, 6.07) is 2.11. The first-order valence-electron chi connectivity index (χ1n) is 6.36. The summed E-state index contributed by atoms with van der Waals surface area (Å²) in [5, 5.41) is 7.11. The van der Waals surface area contributed by atoms with E-state index in [1.165, 1.54) is 12.8 Å². The van der Waals surface area contributed by atoms with Crippen LogP contribution in [0.3, 0.4) is 0 Å². The monoisotopic (exact) mass is 234 g/mol. The number of likely N-dealkylation sites (tertiary alicyclic amines) is 1.